The molecule has 116 valence electrons. The lowest BCUT2D eigenvalue weighted by Crippen LogP contribution is -2.39. The number of aromatic amines is 1. The number of halogens is 1. The van der Waals surface area contributed by atoms with Gasteiger partial charge in [-0.1, -0.05) is 11.6 Å². The molecule has 0 fully saturated rings. The standard InChI is InChI=1S/C14H15ClN4O3/c15-9-3-7(11(20)4-12(9)21)14-8-6-19(13(22)5-16)2-1-10(8)17-18-14/h3-4,20-21H,1-2,5-6,16H2,(H,17,18). The number of phenolic OH excluding ortho intramolecular Hbond substituents is 2. The van der Waals surface area contributed by atoms with Gasteiger partial charge in [-0.2, -0.15) is 5.10 Å². The third-order valence-electron chi connectivity index (χ3n) is 3.78. The molecule has 1 aromatic heterocycles. The first-order valence-electron chi connectivity index (χ1n) is 6.77. The van der Waals surface area contributed by atoms with Gasteiger partial charge in [-0.15, -0.1) is 0 Å². The monoisotopic (exact) mass is 322 g/mol. The van der Waals surface area contributed by atoms with Crippen molar-refractivity contribution in [2.75, 3.05) is 13.1 Å². The number of rotatable bonds is 2. The highest BCUT2D eigenvalue weighted by molar-refractivity contribution is 6.32. The summed E-state index contributed by atoms with van der Waals surface area (Å²) in [4.78, 5) is 13.4. The number of aromatic hydroxyl groups is 2. The van der Waals surface area contributed by atoms with Gasteiger partial charge in [0.1, 0.15) is 17.2 Å². The van der Waals surface area contributed by atoms with Gasteiger partial charge in [-0.3, -0.25) is 9.89 Å². The minimum Gasteiger partial charge on any atom is -0.507 e. The molecule has 7 nitrogen and oxygen atoms in total. The lowest BCUT2D eigenvalue weighted by Gasteiger charge is -2.26. The zero-order chi connectivity index (χ0) is 15.9. The molecule has 1 amide bonds. The Balaban J connectivity index is 2.03. The summed E-state index contributed by atoms with van der Waals surface area (Å²) < 4.78 is 0. The fourth-order valence-electron chi connectivity index (χ4n) is 2.60. The molecule has 0 atom stereocenters. The molecule has 0 saturated carbocycles. The number of fused-ring (bicyclic) bond motifs is 1. The van der Waals surface area contributed by atoms with Crippen molar-refractivity contribution in [2.24, 2.45) is 5.73 Å². The van der Waals surface area contributed by atoms with Crippen molar-refractivity contribution in [3.05, 3.63) is 28.4 Å². The van der Waals surface area contributed by atoms with Crippen LogP contribution in [0.15, 0.2) is 12.1 Å². The van der Waals surface area contributed by atoms with Crippen LogP contribution in [-0.2, 0) is 17.8 Å². The highest BCUT2D eigenvalue weighted by Gasteiger charge is 2.26. The van der Waals surface area contributed by atoms with Gasteiger partial charge in [0.25, 0.3) is 0 Å². The topological polar surface area (TPSA) is 115 Å². The average Bonchev–Trinajstić information content (AvgIpc) is 2.93. The number of carbonyl (C=O) groups is 1. The fourth-order valence-corrected chi connectivity index (χ4v) is 2.76. The van der Waals surface area contributed by atoms with E-state index < -0.39 is 0 Å². The van der Waals surface area contributed by atoms with Crippen LogP contribution >= 0.6 is 11.6 Å². The lowest BCUT2D eigenvalue weighted by atomic mass is 10.00. The third kappa shape index (κ3) is 2.38. The number of nitrogens with zero attached hydrogens (tertiary/aromatic N) is 2. The predicted octanol–water partition coefficient (Wildman–Crippen LogP) is 0.985. The number of aromatic nitrogens is 2. The molecule has 2 heterocycles. The second-order valence-corrected chi connectivity index (χ2v) is 5.53. The maximum absolute atomic E-state index is 11.8. The van der Waals surface area contributed by atoms with Crippen LogP contribution in [0.4, 0.5) is 0 Å². The predicted molar refractivity (Wildman–Crippen MR) is 80.5 cm³/mol. The second kappa shape index (κ2) is 5.51. The summed E-state index contributed by atoms with van der Waals surface area (Å²) in [6.45, 7) is 0.904. The van der Waals surface area contributed by atoms with Crippen molar-refractivity contribution in [1.29, 1.82) is 0 Å². The van der Waals surface area contributed by atoms with Crippen LogP contribution in [0.5, 0.6) is 11.5 Å². The van der Waals surface area contributed by atoms with E-state index in [0.717, 1.165) is 11.3 Å². The molecule has 0 spiro atoms. The van der Waals surface area contributed by atoms with Crippen LogP contribution in [0.25, 0.3) is 11.3 Å². The number of amides is 1. The fraction of sp³-hybridized carbons (Fsp3) is 0.286. The Morgan fingerprint density at radius 2 is 2.18 bits per heavy atom. The maximum Gasteiger partial charge on any atom is 0.236 e. The molecule has 0 aliphatic carbocycles. The van der Waals surface area contributed by atoms with Crippen LogP contribution in [0.1, 0.15) is 11.3 Å². The number of hydrogen-bond acceptors (Lipinski definition) is 5. The second-order valence-electron chi connectivity index (χ2n) is 5.12. The summed E-state index contributed by atoms with van der Waals surface area (Å²) in [5.41, 5.74) is 8.07. The van der Waals surface area contributed by atoms with E-state index in [-0.39, 0.29) is 29.0 Å². The lowest BCUT2D eigenvalue weighted by molar-refractivity contribution is -0.130. The Morgan fingerprint density at radius 3 is 2.91 bits per heavy atom. The van der Waals surface area contributed by atoms with Crippen molar-refractivity contribution in [3.63, 3.8) is 0 Å². The summed E-state index contributed by atoms with van der Waals surface area (Å²) >= 11 is 5.91. The van der Waals surface area contributed by atoms with Crippen molar-refractivity contribution in [2.45, 2.75) is 13.0 Å². The number of nitrogens with two attached hydrogens (primary N) is 1. The molecule has 22 heavy (non-hydrogen) atoms. The number of benzene rings is 1. The SMILES string of the molecule is NCC(=O)N1CCc2[nH]nc(-c3cc(Cl)c(O)cc3O)c2C1. The van der Waals surface area contributed by atoms with Gasteiger partial charge in [-0.05, 0) is 6.07 Å². The number of phenols is 2. The summed E-state index contributed by atoms with van der Waals surface area (Å²) in [6, 6.07) is 2.62. The van der Waals surface area contributed by atoms with E-state index in [1.165, 1.54) is 12.1 Å². The quantitative estimate of drug-likeness (QED) is 0.658. The summed E-state index contributed by atoms with van der Waals surface area (Å²) in [5.74, 6) is -0.462. The zero-order valence-corrected chi connectivity index (χ0v) is 12.4. The molecule has 5 N–H and O–H groups in total. The van der Waals surface area contributed by atoms with E-state index in [9.17, 15) is 15.0 Å². The Hall–Kier alpha value is -2.25. The molecule has 8 heteroatoms. The summed E-state index contributed by atoms with van der Waals surface area (Å²) in [7, 11) is 0. The van der Waals surface area contributed by atoms with Gasteiger partial charge < -0.3 is 20.8 Å². The number of carbonyl (C=O) groups excluding carboxylic acids is 1. The van der Waals surface area contributed by atoms with E-state index in [4.69, 9.17) is 17.3 Å². The molecule has 0 saturated heterocycles. The van der Waals surface area contributed by atoms with Gasteiger partial charge in [-0.25, -0.2) is 0 Å². The first-order valence-corrected chi connectivity index (χ1v) is 7.15. The Kier molecular flexibility index (Phi) is 3.67. The van der Waals surface area contributed by atoms with E-state index in [1.807, 2.05) is 0 Å². The minimum atomic E-state index is -0.202. The van der Waals surface area contributed by atoms with Crippen LogP contribution in [-0.4, -0.2) is 44.3 Å². The molecular formula is C14H15ClN4O3. The molecule has 0 radical (unpaired) electrons. The van der Waals surface area contributed by atoms with Crippen molar-refractivity contribution < 1.29 is 15.0 Å². The van der Waals surface area contributed by atoms with E-state index in [1.54, 1.807) is 4.90 Å². The van der Waals surface area contributed by atoms with Crippen LogP contribution < -0.4 is 5.73 Å². The van der Waals surface area contributed by atoms with Gasteiger partial charge in [0.2, 0.25) is 5.91 Å². The smallest absolute Gasteiger partial charge is 0.236 e. The van der Waals surface area contributed by atoms with E-state index >= 15 is 0 Å². The molecule has 1 aliphatic heterocycles. The maximum atomic E-state index is 11.8. The molecule has 2 aromatic rings. The van der Waals surface area contributed by atoms with E-state index in [2.05, 4.69) is 10.2 Å². The molecule has 1 aliphatic rings. The minimum absolute atomic E-state index is 0.0429. The highest BCUT2D eigenvalue weighted by atomic mass is 35.5. The number of hydrogen-bond donors (Lipinski definition) is 4. The Bertz CT molecular complexity index is 744. The van der Waals surface area contributed by atoms with Crippen LogP contribution in [0.3, 0.4) is 0 Å². The number of nitrogens with one attached hydrogen (secondary N) is 1. The van der Waals surface area contributed by atoms with Crippen LogP contribution in [0, 0.1) is 0 Å². The van der Waals surface area contributed by atoms with Gasteiger partial charge in [0.15, 0.2) is 0 Å². The van der Waals surface area contributed by atoms with Gasteiger partial charge in [0.05, 0.1) is 11.6 Å². The van der Waals surface area contributed by atoms with Crippen molar-refractivity contribution in [3.8, 4) is 22.8 Å². The third-order valence-corrected chi connectivity index (χ3v) is 4.08. The molecule has 0 bridgehead atoms. The van der Waals surface area contributed by atoms with Crippen molar-refractivity contribution in [1.82, 2.24) is 15.1 Å². The largest absolute Gasteiger partial charge is 0.507 e. The molecule has 1 aromatic carbocycles. The molecular weight excluding hydrogens is 308 g/mol. The summed E-state index contributed by atoms with van der Waals surface area (Å²) in [6.07, 6.45) is 0.640. The van der Waals surface area contributed by atoms with Crippen LogP contribution in [0.2, 0.25) is 5.02 Å². The number of H-pyrrole nitrogens is 1. The zero-order valence-electron chi connectivity index (χ0n) is 11.6. The van der Waals surface area contributed by atoms with Crippen molar-refractivity contribution >= 4 is 17.5 Å². The molecule has 0 unspecified atom stereocenters. The summed E-state index contributed by atoms with van der Waals surface area (Å²) in [5, 5.41) is 26.8. The van der Waals surface area contributed by atoms with Gasteiger partial charge in [0, 0.05) is 42.4 Å². The highest BCUT2D eigenvalue weighted by Crippen LogP contribution is 2.39. The van der Waals surface area contributed by atoms with E-state index in [0.29, 0.717) is 30.8 Å². The Labute approximate surface area is 131 Å². The average molecular weight is 323 g/mol. The first kappa shape index (κ1) is 14.7. The van der Waals surface area contributed by atoms with Gasteiger partial charge >= 0.3 is 0 Å². The Morgan fingerprint density at radius 1 is 1.41 bits per heavy atom. The normalized spacial score (nSPS) is 14.0. The first-order chi connectivity index (χ1) is 10.5. The molecule has 3 rings (SSSR count).